The van der Waals surface area contributed by atoms with Crippen LogP contribution in [0.4, 0.5) is 0 Å². The van der Waals surface area contributed by atoms with E-state index in [9.17, 15) is 4.79 Å². The lowest BCUT2D eigenvalue weighted by Gasteiger charge is -2.22. The van der Waals surface area contributed by atoms with E-state index >= 15 is 0 Å². The van der Waals surface area contributed by atoms with Crippen LogP contribution < -0.4 is 0 Å². The number of hydrogen-bond donors (Lipinski definition) is 0. The predicted octanol–water partition coefficient (Wildman–Crippen LogP) is 4.13. The molecular formula is C19H22N2O2. The van der Waals surface area contributed by atoms with Gasteiger partial charge in [-0.05, 0) is 35.2 Å². The minimum Gasteiger partial charge on any atom is -0.467 e. The van der Waals surface area contributed by atoms with E-state index < -0.39 is 0 Å². The summed E-state index contributed by atoms with van der Waals surface area (Å²) in [5, 5.41) is 8.81. The molecule has 23 heavy (non-hydrogen) atoms. The van der Waals surface area contributed by atoms with Crippen molar-refractivity contribution in [2.75, 3.05) is 6.54 Å². The first-order chi connectivity index (χ1) is 10.9. The van der Waals surface area contributed by atoms with Gasteiger partial charge in [0, 0.05) is 12.1 Å². The van der Waals surface area contributed by atoms with E-state index in [4.69, 9.17) is 9.68 Å². The second-order valence-corrected chi connectivity index (χ2v) is 6.54. The maximum Gasteiger partial charge on any atom is 0.254 e. The van der Waals surface area contributed by atoms with Gasteiger partial charge in [-0.25, -0.2) is 0 Å². The molecule has 0 atom stereocenters. The third-order valence-corrected chi connectivity index (χ3v) is 3.71. The molecule has 120 valence electrons. The Labute approximate surface area is 137 Å². The number of carbonyl (C=O) groups is 1. The summed E-state index contributed by atoms with van der Waals surface area (Å²) >= 11 is 0. The second-order valence-electron chi connectivity index (χ2n) is 6.54. The highest BCUT2D eigenvalue weighted by atomic mass is 16.3. The molecule has 1 amide bonds. The fraction of sp³-hybridized carbons (Fsp3) is 0.368. The van der Waals surface area contributed by atoms with Crippen molar-refractivity contribution in [2.45, 2.75) is 39.2 Å². The molecule has 0 spiro atoms. The van der Waals surface area contributed by atoms with Gasteiger partial charge < -0.3 is 9.32 Å². The van der Waals surface area contributed by atoms with E-state index in [0.717, 1.165) is 0 Å². The van der Waals surface area contributed by atoms with Gasteiger partial charge in [0.1, 0.15) is 5.76 Å². The lowest BCUT2D eigenvalue weighted by Crippen LogP contribution is -2.31. The Morgan fingerprint density at radius 3 is 2.43 bits per heavy atom. The Morgan fingerprint density at radius 2 is 1.91 bits per heavy atom. The topological polar surface area (TPSA) is 57.2 Å². The summed E-state index contributed by atoms with van der Waals surface area (Å²) in [6.07, 6.45) is 1.88. The van der Waals surface area contributed by atoms with Gasteiger partial charge in [-0.15, -0.1) is 0 Å². The maximum atomic E-state index is 12.7. The highest BCUT2D eigenvalue weighted by Gasteiger charge is 2.19. The minimum atomic E-state index is -0.0860. The summed E-state index contributed by atoms with van der Waals surface area (Å²) in [6.45, 7) is 7.17. The Balaban J connectivity index is 2.17. The van der Waals surface area contributed by atoms with Crippen LogP contribution in [-0.4, -0.2) is 17.4 Å². The number of carbonyl (C=O) groups excluding carboxylic acids is 1. The molecule has 0 unspecified atom stereocenters. The van der Waals surface area contributed by atoms with Crippen LogP contribution in [0.2, 0.25) is 0 Å². The molecule has 0 radical (unpaired) electrons. The quantitative estimate of drug-likeness (QED) is 0.834. The normalized spacial score (nSPS) is 11.0. The summed E-state index contributed by atoms with van der Waals surface area (Å²) in [5.41, 5.74) is 1.86. The zero-order valence-corrected chi connectivity index (χ0v) is 13.9. The molecule has 0 aliphatic rings. The van der Waals surface area contributed by atoms with Gasteiger partial charge in [-0.3, -0.25) is 4.79 Å². The standard InChI is InChI=1S/C19H22N2O2/c1-19(2,3)16-9-7-15(8-10-16)18(22)21(12-5-11-20)14-17-6-4-13-23-17/h4,6-10,13H,5,12,14H2,1-3H3. The first-order valence-electron chi connectivity index (χ1n) is 7.71. The van der Waals surface area contributed by atoms with Gasteiger partial charge in [0.05, 0.1) is 25.3 Å². The van der Waals surface area contributed by atoms with Crippen LogP contribution in [-0.2, 0) is 12.0 Å². The van der Waals surface area contributed by atoms with Crippen LogP contribution in [0.1, 0.15) is 48.9 Å². The van der Waals surface area contributed by atoms with Crippen molar-refractivity contribution in [1.29, 1.82) is 5.26 Å². The van der Waals surface area contributed by atoms with Crippen LogP contribution >= 0.6 is 0 Å². The molecule has 4 heteroatoms. The Morgan fingerprint density at radius 1 is 1.22 bits per heavy atom. The second kappa shape index (κ2) is 7.15. The molecule has 4 nitrogen and oxygen atoms in total. The monoisotopic (exact) mass is 310 g/mol. The lowest BCUT2D eigenvalue weighted by atomic mass is 9.86. The molecule has 1 aromatic heterocycles. The molecular weight excluding hydrogens is 288 g/mol. The molecule has 1 heterocycles. The molecule has 2 rings (SSSR count). The van der Waals surface area contributed by atoms with E-state index in [1.54, 1.807) is 17.2 Å². The van der Waals surface area contributed by atoms with Crippen LogP contribution in [0.15, 0.2) is 47.1 Å². The zero-order chi connectivity index (χ0) is 16.9. The van der Waals surface area contributed by atoms with E-state index in [-0.39, 0.29) is 11.3 Å². The molecule has 0 fully saturated rings. The average Bonchev–Trinajstić information content (AvgIpc) is 3.03. The Bertz CT molecular complexity index is 674. The third-order valence-electron chi connectivity index (χ3n) is 3.71. The van der Waals surface area contributed by atoms with Crippen molar-refractivity contribution in [1.82, 2.24) is 4.90 Å². The molecule has 0 aliphatic heterocycles. The van der Waals surface area contributed by atoms with E-state index in [2.05, 4.69) is 26.8 Å². The summed E-state index contributed by atoms with van der Waals surface area (Å²) in [4.78, 5) is 14.4. The summed E-state index contributed by atoms with van der Waals surface area (Å²) in [6, 6.07) is 13.4. The highest BCUT2D eigenvalue weighted by molar-refractivity contribution is 5.94. The van der Waals surface area contributed by atoms with Crippen molar-refractivity contribution < 1.29 is 9.21 Å². The third kappa shape index (κ3) is 4.46. The van der Waals surface area contributed by atoms with Crippen molar-refractivity contribution in [2.24, 2.45) is 0 Å². The molecule has 0 bridgehead atoms. The molecule has 0 saturated heterocycles. The fourth-order valence-corrected chi connectivity index (χ4v) is 2.32. The van der Waals surface area contributed by atoms with Crippen LogP contribution in [0.3, 0.4) is 0 Å². The van der Waals surface area contributed by atoms with Gasteiger partial charge >= 0.3 is 0 Å². The molecule has 0 aliphatic carbocycles. The van der Waals surface area contributed by atoms with Gasteiger partial charge in [0.25, 0.3) is 5.91 Å². The smallest absolute Gasteiger partial charge is 0.254 e. The van der Waals surface area contributed by atoms with Crippen LogP contribution in [0.5, 0.6) is 0 Å². The number of nitrogens with zero attached hydrogens (tertiary/aromatic N) is 2. The van der Waals surface area contributed by atoms with Gasteiger partial charge in [-0.2, -0.15) is 5.26 Å². The van der Waals surface area contributed by atoms with Crippen LogP contribution in [0.25, 0.3) is 0 Å². The van der Waals surface area contributed by atoms with Gasteiger partial charge in [-0.1, -0.05) is 32.9 Å². The molecule has 0 saturated carbocycles. The first kappa shape index (κ1) is 16.8. The molecule has 0 N–H and O–H groups in total. The van der Waals surface area contributed by atoms with Crippen LogP contribution in [0, 0.1) is 11.3 Å². The highest BCUT2D eigenvalue weighted by Crippen LogP contribution is 2.22. The van der Waals surface area contributed by atoms with Crippen molar-refractivity contribution in [3.8, 4) is 6.07 Å². The van der Waals surface area contributed by atoms with Gasteiger partial charge in [0.15, 0.2) is 0 Å². The van der Waals surface area contributed by atoms with E-state index in [0.29, 0.717) is 30.8 Å². The fourth-order valence-electron chi connectivity index (χ4n) is 2.32. The summed E-state index contributed by atoms with van der Waals surface area (Å²) in [5.74, 6) is 0.625. The van der Waals surface area contributed by atoms with Crippen molar-refractivity contribution in [3.05, 3.63) is 59.5 Å². The molecule has 2 aromatic rings. The van der Waals surface area contributed by atoms with Crippen molar-refractivity contribution >= 4 is 5.91 Å². The number of benzene rings is 1. The summed E-state index contributed by atoms with van der Waals surface area (Å²) < 4.78 is 5.32. The summed E-state index contributed by atoms with van der Waals surface area (Å²) in [7, 11) is 0. The van der Waals surface area contributed by atoms with E-state index in [1.165, 1.54) is 5.56 Å². The number of rotatable bonds is 5. The predicted molar refractivity (Wildman–Crippen MR) is 88.8 cm³/mol. The van der Waals surface area contributed by atoms with E-state index in [1.807, 2.05) is 30.3 Å². The number of nitriles is 1. The SMILES string of the molecule is CC(C)(C)c1ccc(C(=O)N(CCC#N)Cc2ccco2)cc1. The number of amides is 1. The maximum absolute atomic E-state index is 12.7. The Kier molecular flexibility index (Phi) is 5.23. The first-order valence-corrected chi connectivity index (χ1v) is 7.71. The minimum absolute atomic E-state index is 0.0518. The van der Waals surface area contributed by atoms with Gasteiger partial charge in [0.2, 0.25) is 0 Å². The lowest BCUT2D eigenvalue weighted by molar-refractivity contribution is 0.0735. The van der Waals surface area contributed by atoms with Crippen molar-refractivity contribution in [3.63, 3.8) is 0 Å². The average molecular weight is 310 g/mol. The Hall–Kier alpha value is -2.54. The number of furan rings is 1. The number of hydrogen-bond acceptors (Lipinski definition) is 3. The molecule has 1 aromatic carbocycles. The largest absolute Gasteiger partial charge is 0.467 e. The zero-order valence-electron chi connectivity index (χ0n) is 13.9.